The molecule has 1 fully saturated rings. The Hall–Kier alpha value is -1.66. The fourth-order valence-corrected chi connectivity index (χ4v) is 4.94. The molecule has 3 aromatic carbocycles. The third-order valence-corrected chi connectivity index (χ3v) is 7.47. The van der Waals surface area contributed by atoms with Crippen molar-refractivity contribution < 1.29 is 0 Å². The predicted octanol–water partition coefficient (Wildman–Crippen LogP) is 6.47. The van der Waals surface area contributed by atoms with E-state index in [0.29, 0.717) is 0 Å². The van der Waals surface area contributed by atoms with Gasteiger partial charge >= 0.3 is 0 Å². The molecule has 1 heterocycles. The molecule has 33 heavy (non-hydrogen) atoms. The number of nitrogens with zero attached hydrogens (tertiary/aromatic N) is 3. The van der Waals surface area contributed by atoms with E-state index in [-0.39, 0.29) is 0 Å². The van der Waals surface area contributed by atoms with Crippen LogP contribution in [-0.4, -0.2) is 55.6 Å². The Balaban J connectivity index is 1.25. The highest BCUT2D eigenvalue weighted by Crippen LogP contribution is 2.21. The maximum absolute atomic E-state index is 3.57. The average molecular weight is 571 g/mol. The molecule has 3 nitrogen and oxygen atoms in total. The van der Waals surface area contributed by atoms with Crippen LogP contribution in [0.25, 0.3) is 0 Å². The fourth-order valence-electron chi connectivity index (χ4n) is 4.41. The highest BCUT2D eigenvalue weighted by atomic mass is 79.9. The summed E-state index contributed by atoms with van der Waals surface area (Å²) in [5, 5.41) is 0. The van der Waals surface area contributed by atoms with Gasteiger partial charge in [0.25, 0.3) is 0 Å². The molecule has 0 aromatic heterocycles. The first-order valence-corrected chi connectivity index (χ1v) is 13.5. The van der Waals surface area contributed by atoms with E-state index in [1.165, 1.54) is 49.3 Å². The van der Waals surface area contributed by atoms with Crippen LogP contribution in [-0.2, 0) is 13.0 Å². The summed E-state index contributed by atoms with van der Waals surface area (Å²) in [6, 6.07) is 28.3. The first-order chi connectivity index (χ1) is 16.2. The van der Waals surface area contributed by atoms with E-state index in [4.69, 9.17) is 0 Å². The first kappa shape index (κ1) is 24.5. The van der Waals surface area contributed by atoms with Crippen molar-refractivity contribution in [2.75, 3.05) is 50.7 Å². The molecule has 1 aliphatic rings. The number of hydrogen-bond acceptors (Lipinski definition) is 3. The highest BCUT2D eigenvalue weighted by Gasteiger charge is 2.17. The number of rotatable bonds is 10. The molecule has 0 amide bonds. The van der Waals surface area contributed by atoms with E-state index in [1.54, 1.807) is 0 Å². The van der Waals surface area contributed by atoms with Gasteiger partial charge in [0.05, 0.1) is 0 Å². The van der Waals surface area contributed by atoms with Gasteiger partial charge in [-0.3, -0.25) is 4.90 Å². The Kier molecular flexibility index (Phi) is 9.42. The average Bonchev–Trinajstić information content (AvgIpc) is 2.85. The third kappa shape index (κ3) is 7.96. The lowest BCUT2D eigenvalue weighted by atomic mass is 10.1. The van der Waals surface area contributed by atoms with Crippen molar-refractivity contribution in [1.82, 2.24) is 9.80 Å². The molecule has 5 heteroatoms. The normalized spacial score (nSPS) is 15.0. The highest BCUT2D eigenvalue weighted by molar-refractivity contribution is 9.10. The summed E-state index contributed by atoms with van der Waals surface area (Å²) in [6.07, 6.45) is 2.42. The predicted molar refractivity (Wildman–Crippen MR) is 147 cm³/mol. The van der Waals surface area contributed by atoms with Crippen LogP contribution < -0.4 is 4.90 Å². The van der Waals surface area contributed by atoms with Crippen LogP contribution >= 0.6 is 31.9 Å². The maximum Gasteiger partial charge on any atom is 0.0430 e. The zero-order valence-corrected chi connectivity index (χ0v) is 22.3. The Morgan fingerprint density at radius 3 is 1.85 bits per heavy atom. The molecular formula is C28H33Br2N3. The van der Waals surface area contributed by atoms with Gasteiger partial charge in [-0.2, -0.15) is 0 Å². The Morgan fingerprint density at radius 1 is 0.636 bits per heavy atom. The minimum Gasteiger partial charge on any atom is -0.366 e. The van der Waals surface area contributed by atoms with Crippen molar-refractivity contribution >= 4 is 37.5 Å². The summed E-state index contributed by atoms with van der Waals surface area (Å²) in [5.74, 6) is 0. The molecule has 174 valence electrons. The molecule has 0 spiro atoms. The molecule has 4 rings (SSSR count). The Morgan fingerprint density at radius 2 is 1.21 bits per heavy atom. The molecule has 0 atom stereocenters. The lowest BCUT2D eigenvalue weighted by molar-refractivity contribution is 0.133. The molecule has 0 saturated carbocycles. The topological polar surface area (TPSA) is 9.72 Å². The Bertz CT molecular complexity index is 953. The Labute approximate surface area is 215 Å². The van der Waals surface area contributed by atoms with Crippen molar-refractivity contribution in [3.63, 3.8) is 0 Å². The second kappa shape index (κ2) is 12.7. The standard InChI is InChI=1S/C28H33Br2N3/c29-26-10-8-25(9-11-26)23-33(28-14-12-27(30)13-15-28)22-21-32-19-17-31(18-20-32)16-4-7-24-5-2-1-3-6-24/h1-3,5-6,8-15H,4,7,16-23H2. The summed E-state index contributed by atoms with van der Waals surface area (Å²) >= 11 is 7.12. The van der Waals surface area contributed by atoms with E-state index in [0.717, 1.165) is 41.7 Å². The van der Waals surface area contributed by atoms with Gasteiger partial charge in [0.15, 0.2) is 0 Å². The third-order valence-electron chi connectivity index (χ3n) is 6.41. The zero-order chi connectivity index (χ0) is 22.9. The molecule has 0 unspecified atom stereocenters. The van der Waals surface area contributed by atoms with E-state index >= 15 is 0 Å². The summed E-state index contributed by atoms with van der Waals surface area (Å²) in [6.45, 7) is 8.96. The van der Waals surface area contributed by atoms with E-state index < -0.39 is 0 Å². The largest absolute Gasteiger partial charge is 0.366 e. The van der Waals surface area contributed by atoms with Crippen molar-refractivity contribution in [2.45, 2.75) is 19.4 Å². The zero-order valence-electron chi connectivity index (χ0n) is 19.2. The van der Waals surface area contributed by atoms with Crippen LogP contribution in [0.15, 0.2) is 87.8 Å². The van der Waals surface area contributed by atoms with Crippen molar-refractivity contribution in [3.8, 4) is 0 Å². The smallest absolute Gasteiger partial charge is 0.0430 e. The summed E-state index contributed by atoms with van der Waals surface area (Å²) in [5.41, 5.74) is 4.07. The van der Waals surface area contributed by atoms with E-state index in [9.17, 15) is 0 Å². The first-order valence-electron chi connectivity index (χ1n) is 11.9. The van der Waals surface area contributed by atoms with Gasteiger partial charge in [-0.25, -0.2) is 0 Å². The number of anilines is 1. The minimum absolute atomic E-state index is 0.925. The summed E-state index contributed by atoms with van der Waals surface area (Å²) in [4.78, 5) is 7.76. The lowest BCUT2D eigenvalue weighted by Crippen LogP contribution is -2.48. The summed E-state index contributed by atoms with van der Waals surface area (Å²) in [7, 11) is 0. The lowest BCUT2D eigenvalue weighted by Gasteiger charge is -2.36. The van der Waals surface area contributed by atoms with Gasteiger partial charge in [-0.1, -0.05) is 74.3 Å². The second-order valence-electron chi connectivity index (χ2n) is 8.80. The van der Waals surface area contributed by atoms with Crippen LogP contribution in [0.2, 0.25) is 0 Å². The second-order valence-corrected chi connectivity index (χ2v) is 10.6. The number of halogens is 2. The SMILES string of the molecule is Brc1ccc(CN(CCN2CCN(CCCc3ccccc3)CC2)c2ccc(Br)cc2)cc1. The van der Waals surface area contributed by atoms with Gasteiger partial charge in [0.1, 0.15) is 0 Å². The molecule has 0 bridgehead atoms. The van der Waals surface area contributed by atoms with Gasteiger partial charge < -0.3 is 9.80 Å². The molecule has 0 radical (unpaired) electrons. The van der Waals surface area contributed by atoms with Crippen molar-refractivity contribution in [2.24, 2.45) is 0 Å². The molecule has 3 aromatic rings. The number of piperazine rings is 1. The molecule has 1 saturated heterocycles. The van der Waals surface area contributed by atoms with Gasteiger partial charge in [-0.05, 0) is 66.9 Å². The van der Waals surface area contributed by atoms with Gasteiger partial charge in [-0.15, -0.1) is 0 Å². The van der Waals surface area contributed by atoms with Gasteiger partial charge in [0, 0.05) is 60.4 Å². The van der Waals surface area contributed by atoms with Crippen molar-refractivity contribution in [3.05, 3.63) is 98.9 Å². The van der Waals surface area contributed by atoms with Crippen LogP contribution in [0.1, 0.15) is 17.5 Å². The molecular weight excluding hydrogens is 538 g/mol. The van der Waals surface area contributed by atoms with Gasteiger partial charge in [0.2, 0.25) is 0 Å². The van der Waals surface area contributed by atoms with E-state index in [1.807, 2.05) is 0 Å². The number of hydrogen-bond donors (Lipinski definition) is 0. The van der Waals surface area contributed by atoms with Crippen molar-refractivity contribution in [1.29, 1.82) is 0 Å². The molecule has 0 aliphatic carbocycles. The minimum atomic E-state index is 0.925. The van der Waals surface area contributed by atoms with E-state index in [2.05, 4.69) is 125 Å². The monoisotopic (exact) mass is 569 g/mol. The van der Waals surface area contributed by atoms with Crippen LogP contribution in [0, 0.1) is 0 Å². The van der Waals surface area contributed by atoms with Crippen LogP contribution in [0.4, 0.5) is 5.69 Å². The molecule has 0 N–H and O–H groups in total. The molecule has 1 aliphatic heterocycles. The summed E-state index contributed by atoms with van der Waals surface area (Å²) < 4.78 is 2.25. The fraction of sp³-hybridized carbons (Fsp3) is 0.357. The number of aryl methyl sites for hydroxylation is 1. The quantitative estimate of drug-likeness (QED) is 0.276. The number of benzene rings is 3. The van der Waals surface area contributed by atoms with Crippen LogP contribution in [0.3, 0.4) is 0 Å². The maximum atomic E-state index is 3.57. The van der Waals surface area contributed by atoms with Crippen LogP contribution in [0.5, 0.6) is 0 Å².